The Morgan fingerprint density at radius 1 is 0.885 bits per heavy atom. The smallest absolute Gasteiger partial charge is 0.226 e. The lowest BCUT2D eigenvalue weighted by Gasteiger charge is -2.09. The van der Waals surface area contributed by atoms with Crippen LogP contribution in [0.15, 0.2) is 36.4 Å². The number of hydrogen-bond donors (Lipinski definition) is 0. The van der Waals surface area contributed by atoms with Crippen LogP contribution in [0.2, 0.25) is 5.28 Å². The molecule has 0 unspecified atom stereocenters. The number of halogens is 1. The van der Waals surface area contributed by atoms with E-state index in [0.717, 1.165) is 16.7 Å². The third-order valence-electron chi connectivity index (χ3n) is 4.09. The number of rotatable bonds is 4. The number of fused-ring (bicyclic) bond motifs is 3. The van der Waals surface area contributed by atoms with Gasteiger partial charge in [-0.05, 0) is 41.9 Å². The molecule has 0 fully saturated rings. The number of benzene rings is 2. The van der Waals surface area contributed by atoms with Crippen molar-refractivity contribution in [1.82, 2.24) is 19.6 Å². The zero-order valence-electron chi connectivity index (χ0n) is 14.4. The molecule has 132 valence electrons. The maximum atomic E-state index is 6.31. The summed E-state index contributed by atoms with van der Waals surface area (Å²) in [6, 6.07) is 11.1. The van der Waals surface area contributed by atoms with Gasteiger partial charge in [0.05, 0.1) is 26.8 Å². The van der Waals surface area contributed by atoms with Gasteiger partial charge in [-0.15, -0.1) is 5.10 Å². The van der Waals surface area contributed by atoms with Crippen LogP contribution in [0.1, 0.15) is 0 Å². The zero-order valence-corrected chi connectivity index (χ0v) is 15.1. The van der Waals surface area contributed by atoms with Crippen molar-refractivity contribution >= 4 is 28.2 Å². The van der Waals surface area contributed by atoms with Crippen LogP contribution in [0, 0.1) is 0 Å². The largest absolute Gasteiger partial charge is 0.497 e. The number of methoxy groups -OCH3 is 3. The van der Waals surface area contributed by atoms with Crippen molar-refractivity contribution in [2.75, 3.05) is 21.3 Å². The van der Waals surface area contributed by atoms with Crippen LogP contribution in [-0.4, -0.2) is 40.9 Å². The summed E-state index contributed by atoms with van der Waals surface area (Å²) < 4.78 is 17.4. The highest BCUT2D eigenvalue weighted by molar-refractivity contribution is 6.29. The molecule has 0 saturated heterocycles. The quantitative estimate of drug-likeness (QED) is 0.511. The summed E-state index contributed by atoms with van der Waals surface area (Å²) in [6.07, 6.45) is 0. The first-order valence-electron chi connectivity index (χ1n) is 7.77. The molecule has 4 rings (SSSR count). The summed E-state index contributed by atoms with van der Waals surface area (Å²) in [5, 5.41) is 5.46. The summed E-state index contributed by atoms with van der Waals surface area (Å²) in [7, 11) is 4.77. The molecular weight excluding hydrogens is 356 g/mol. The Morgan fingerprint density at radius 3 is 2.23 bits per heavy atom. The zero-order chi connectivity index (χ0) is 18.3. The van der Waals surface area contributed by atoms with E-state index in [0.29, 0.717) is 28.5 Å². The van der Waals surface area contributed by atoms with Gasteiger partial charge in [0.1, 0.15) is 5.75 Å². The molecular formula is C18H15ClN4O3. The lowest BCUT2D eigenvalue weighted by atomic mass is 10.2. The molecule has 8 heteroatoms. The van der Waals surface area contributed by atoms with Gasteiger partial charge in [-0.1, -0.05) is 0 Å². The molecule has 0 aliphatic rings. The van der Waals surface area contributed by atoms with E-state index >= 15 is 0 Å². The predicted octanol–water partition coefficient (Wildman–Crippen LogP) is 3.62. The Hall–Kier alpha value is -3.06. The number of aromatic nitrogens is 4. The van der Waals surface area contributed by atoms with Crippen molar-refractivity contribution in [3.63, 3.8) is 0 Å². The highest BCUT2D eigenvalue weighted by atomic mass is 35.5. The van der Waals surface area contributed by atoms with Gasteiger partial charge in [0, 0.05) is 17.0 Å². The van der Waals surface area contributed by atoms with Gasteiger partial charge < -0.3 is 14.2 Å². The first kappa shape index (κ1) is 16.4. The highest BCUT2D eigenvalue weighted by Crippen LogP contribution is 2.34. The normalized spacial score (nSPS) is 11.1. The van der Waals surface area contributed by atoms with Crippen molar-refractivity contribution in [3.8, 4) is 28.6 Å². The van der Waals surface area contributed by atoms with E-state index in [1.807, 2.05) is 30.3 Å². The molecule has 0 amide bonds. The maximum Gasteiger partial charge on any atom is 0.226 e. The average Bonchev–Trinajstić information content (AvgIpc) is 3.13. The number of hydrogen-bond acceptors (Lipinski definition) is 6. The molecule has 0 aliphatic heterocycles. The van der Waals surface area contributed by atoms with E-state index in [-0.39, 0.29) is 5.28 Å². The van der Waals surface area contributed by atoms with Crippen LogP contribution in [0.25, 0.3) is 27.9 Å². The van der Waals surface area contributed by atoms with E-state index in [4.69, 9.17) is 25.8 Å². The van der Waals surface area contributed by atoms with Crippen molar-refractivity contribution in [2.24, 2.45) is 0 Å². The standard InChI is InChI=1S/C18H15ClN4O3/c1-24-11-6-4-10(5-7-11)16-21-17-12-8-14(25-2)15(26-3)9-13(12)20-18(19)23(17)22-16/h4-9H,1-3H3. The monoisotopic (exact) mass is 370 g/mol. The summed E-state index contributed by atoms with van der Waals surface area (Å²) in [5.74, 6) is 2.46. The maximum absolute atomic E-state index is 6.31. The summed E-state index contributed by atoms with van der Waals surface area (Å²) >= 11 is 6.31. The molecule has 0 saturated carbocycles. The van der Waals surface area contributed by atoms with Gasteiger partial charge in [0.25, 0.3) is 0 Å². The molecule has 7 nitrogen and oxygen atoms in total. The van der Waals surface area contributed by atoms with Gasteiger partial charge >= 0.3 is 0 Å². The molecule has 0 spiro atoms. The highest BCUT2D eigenvalue weighted by Gasteiger charge is 2.16. The van der Waals surface area contributed by atoms with E-state index in [9.17, 15) is 0 Å². The minimum atomic E-state index is 0.215. The van der Waals surface area contributed by atoms with Gasteiger partial charge in [-0.2, -0.15) is 4.52 Å². The lowest BCUT2D eigenvalue weighted by Crippen LogP contribution is -1.97. The minimum Gasteiger partial charge on any atom is -0.497 e. The molecule has 4 aromatic rings. The van der Waals surface area contributed by atoms with Gasteiger partial charge in [0.2, 0.25) is 5.28 Å². The van der Waals surface area contributed by atoms with Crippen LogP contribution in [0.4, 0.5) is 0 Å². The first-order chi connectivity index (χ1) is 12.6. The Morgan fingerprint density at radius 2 is 1.58 bits per heavy atom. The fourth-order valence-corrected chi connectivity index (χ4v) is 2.97. The molecule has 0 radical (unpaired) electrons. The van der Waals surface area contributed by atoms with Crippen LogP contribution in [-0.2, 0) is 0 Å². The molecule has 2 heterocycles. The molecule has 0 N–H and O–H groups in total. The van der Waals surface area contributed by atoms with E-state index in [2.05, 4.69) is 15.1 Å². The summed E-state index contributed by atoms with van der Waals surface area (Å²) in [5.41, 5.74) is 2.08. The van der Waals surface area contributed by atoms with Gasteiger partial charge in [-0.25, -0.2) is 9.97 Å². The topological polar surface area (TPSA) is 70.8 Å². The van der Waals surface area contributed by atoms with E-state index in [1.54, 1.807) is 27.4 Å². The minimum absolute atomic E-state index is 0.215. The lowest BCUT2D eigenvalue weighted by molar-refractivity contribution is 0.356. The third kappa shape index (κ3) is 2.57. The van der Waals surface area contributed by atoms with Crippen LogP contribution >= 0.6 is 11.6 Å². The molecule has 0 atom stereocenters. The summed E-state index contributed by atoms with van der Waals surface area (Å²) in [4.78, 5) is 9.04. The fraction of sp³-hybridized carbons (Fsp3) is 0.167. The molecule has 26 heavy (non-hydrogen) atoms. The second-order valence-corrected chi connectivity index (χ2v) is 5.84. The van der Waals surface area contributed by atoms with Crippen molar-refractivity contribution in [3.05, 3.63) is 41.7 Å². The van der Waals surface area contributed by atoms with Gasteiger partial charge in [-0.3, -0.25) is 0 Å². The SMILES string of the molecule is COc1ccc(-c2nc3c4cc(OC)c(OC)cc4nc(Cl)n3n2)cc1. The van der Waals surface area contributed by atoms with Crippen molar-refractivity contribution in [2.45, 2.75) is 0 Å². The van der Waals surface area contributed by atoms with Gasteiger partial charge in [0.15, 0.2) is 23.0 Å². The fourth-order valence-electron chi connectivity index (χ4n) is 2.76. The predicted molar refractivity (Wildman–Crippen MR) is 98.4 cm³/mol. The van der Waals surface area contributed by atoms with Crippen molar-refractivity contribution < 1.29 is 14.2 Å². The number of ether oxygens (including phenoxy) is 3. The number of nitrogens with zero attached hydrogens (tertiary/aromatic N) is 4. The summed E-state index contributed by atoms with van der Waals surface area (Å²) in [6.45, 7) is 0. The second kappa shape index (κ2) is 6.34. The molecule has 0 aliphatic carbocycles. The molecule has 2 aromatic heterocycles. The molecule has 0 bridgehead atoms. The third-order valence-corrected chi connectivity index (χ3v) is 4.33. The average molecular weight is 371 g/mol. The van der Waals surface area contributed by atoms with Crippen LogP contribution < -0.4 is 14.2 Å². The first-order valence-corrected chi connectivity index (χ1v) is 8.15. The Balaban J connectivity index is 1.96. The molecule has 2 aromatic carbocycles. The Bertz CT molecular complexity index is 1110. The van der Waals surface area contributed by atoms with Crippen LogP contribution in [0.3, 0.4) is 0 Å². The van der Waals surface area contributed by atoms with Crippen LogP contribution in [0.5, 0.6) is 17.2 Å². The second-order valence-electron chi connectivity index (χ2n) is 5.50. The van der Waals surface area contributed by atoms with Crippen molar-refractivity contribution in [1.29, 1.82) is 0 Å². The van der Waals surface area contributed by atoms with E-state index < -0.39 is 0 Å². The Kier molecular flexibility index (Phi) is 4.00. The Labute approximate surface area is 154 Å². The van der Waals surface area contributed by atoms with E-state index in [1.165, 1.54) is 4.52 Å².